The van der Waals surface area contributed by atoms with Crippen LogP contribution in [0.25, 0.3) is 0 Å². The number of H-pyrrole nitrogens is 1. The van der Waals surface area contributed by atoms with E-state index in [1.165, 1.54) is 62.3 Å². The van der Waals surface area contributed by atoms with Crippen LogP contribution in [0.5, 0.6) is 0 Å². The molecule has 1 aliphatic carbocycles. The zero-order chi connectivity index (χ0) is 23.9. The van der Waals surface area contributed by atoms with E-state index in [1.807, 2.05) is 19.2 Å². The van der Waals surface area contributed by atoms with E-state index in [4.69, 9.17) is 0 Å². The molecule has 0 unspecified atom stereocenters. The van der Waals surface area contributed by atoms with Gasteiger partial charge in [0.05, 0.1) is 19.1 Å². The van der Waals surface area contributed by atoms with Crippen molar-refractivity contribution >= 4 is 11.8 Å². The van der Waals surface area contributed by atoms with Gasteiger partial charge in [0.25, 0.3) is 5.91 Å². The Hall–Kier alpha value is -2.74. The lowest BCUT2D eigenvalue weighted by molar-refractivity contribution is -0.130. The van der Waals surface area contributed by atoms with Crippen molar-refractivity contribution in [2.75, 3.05) is 33.2 Å². The van der Waals surface area contributed by atoms with E-state index in [-0.39, 0.29) is 24.2 Å². The molecule has 2 aliphatic rings. The lowest BCUT2D eigenvalue weighted by atomic mass is 10.1. The van der Waals surface area contributed by atoms with Gasteiger partial charge in [-0.2, -0.15) is 0 Å². The van der Waals surface area contributed by atoms with E-state index < -0.39 is 0 Å². The smallest absolute Gasteiger partial charge is 0.269 e. The largest absolute Gasteiger partial charge is 0.342 e. The Kier molecular flexibility index (Phi) is 12.2. The number of aromatic amines is 1. The molecule has 8 heteroatoms. The molecule has 4 rings (SSSR count). The van der Waals surface area contributed by atoms with Gasteiger partial charge in [0.1, 0.15) is 11.5 Å². The minimum Gasteiger partial charge on any atom is -0.342 e. The molecule has 0 radical (unpaired) electrons. The maximum Gasteiger partial charge on any atom is 0.269 e. The molecule has 1 aliphatic heterocycles. The van der Waals surface area contributed by atoms with E-state index in [0.29, 0.717) is 5.69 Å². The Labute approximate surface area is 196 Å². The minimum absolute atomic E-state index is 0.0161. The van der Waals surface area contributed by atoms with E-state index in [9.17, 15) is 14.0 Å². The third-order valence-corrected chi connectivity index (χ3v) is 5.55. The van der Waals surface area contributed by atoms with Gasteiger partial charge in [0, 0.05) is 13.1 Å². The Balaban J connectivity index is 0.000000203. The molecule has 1 saturated heterocycles. The number of aromatic nitrogens is 2. The average Bonchev–Trinajstić information content (AvgIpc) is 3.55. The molecule has 2 amide bonds. The van der Waals surface area contributed by atoms with Crippen molar-refractivity contribution in [2.24, 2.45) is 0 Å². The lowest BCUT2D eigenvalue weighted by Gasteiger charge is -2.26. The number of likely N-dealkylation sites (tertiary alicyclic amines) is 1. The Morgan fingerprint density at radius 2 is 1.85 bits per heavy atom. The molecule has 0 spiro atoms. The molecule has 2 fully saturated rings. The molecule has 182 valence electrons. The summed E-state index contributed by atoms with van der Waals surface area (Å²) in [5.41, 5.74) is 1.66. The maximum absolute atomic E-state index is 12.4. The molecular formula is C25H38FN5O2. The van der Waals surface area contributed by atoms with Crippen LogP contribution >= 0.6 is 0 Å². The monoisotopic (exact) mass is 459 g/mol. The zero-order valence-corrected chi connectivity index (χ0v) is 19.9. The SMILES string of the molecule is CCCCNC.Fc1ccc(C2CC2)cc1.O=C(NCC(=O)N1CCCCC1)c1cnc[nH]1. The van der Waals surface area contributed by atoms with Gasteiger partial charge in [0.2, 0.25) is 5.91 Å². The van der Waals surface area contributed by atoms with Crippen LogP contribution < -0.4 is 10.6 Å². The molecule has 1 saturated carbocycles. The number of nitrogens with one attached hydrogen (secondary N) is 3. The third-order valence-electron chi connectivity index (χ3n) is 5.55. The summed E-state index contributed by atoms with van der Waals surface area (Å²) in [6, 6.07) is 6.83. The summed E-state index contributed by atoms with van der Waals surface area (Å²) in [7, 11) is 1.98. The Morgan fingerprint density at radius 3 is 2.36 bits per heavy atom. The highest BCUT2D eigenvalue weighted by molar-refractivity contribution is 5.94. The second kappa shape index (κ2) is 15.2. The van der Waals surface area contributed by atoms with Gasteiger partial charge >= 0.3 is 0 Å². The van der Waals surface area contributed by atoms with Crippen LogP contribution in [0.1, 0.15) is 73.8 Å². The minimum atomic E-state index is -0.298. The number of carbonyl (C=O) groups is 2. The number of hydrogen-bond acceptors (Lipinski definition) is 4. The van der Waals surface area contributed by atoms with Crippen LogP contribution in [0.2, 0.25) is 0 Å². The number of imidazole rings is 1. The molecule has 0 atom stereocenters. The standard InChI is InChI=1S/C11H16N4O2.C9H9F.C5H13N/c16-10(15-4-2-1-3-5-15)7-13-11(17)9-6-12-8-14-9;10-9-5-3-8(4-6-9)7-1-2-7;1-3-4-5-6-2/h6,8H,1-5,7H2,(H,12,14)(H,13,17);3-7H,1-2H2;6H,3-5H2,1-2H3. The van der Waals surface area contributed by atoms with Crippen molar-refractivity contribution in [1.29, 1.82) is 0 Å². The number of carbonyl (C=O) groups excluding carboxylic acids is 2. The molecular weight excluding hydrogens is 421 g/mol. The van der Waals surface area contributed by atoms with E-state index in [2.05, 4.69) is 27.5 Å². The van der Waals surface area contributed by atoms with Gasteiger partial charge in [-0.25, -0.2) is 9.37 Å². The number of nitrogens with zero attached hydrogens (tertiary/aromatic N) is 2. The summed E-state index contributed by atoms with van der Waals surface area (Å²) >= 11 is 0. The summed E-state index contributed by atoms with van der Waals surface area (Å²) in [5.74, 6) is 0.287. The number of benzene rings is 1. The fraction of sp³-hybridized carbons (Fsp3) is 0.560. The topological polar surface area (TPSA) is 90.1 Å². The second-order valence-corrected chi connectivity index (χ2v) is 8.37. The quantitative estimate of drug-likeness (QED) is 0.549. The predicted molar refractivity (Wildman–Crippen MR) is 129 cm³/mol. The molecule has 7 nitrogen and oxygen atoms in total. The van der Waals surface area contributed by atoms with Crippen molar-refractivity contribution in [1.82, 2.24) is 25.5 Å². The zero-order valence-electron chi connectivity index (χ0n) is 19.9. The van der Waals surface area contributed by atoms with Gasteiger partial charge in [-0.1, -0.05) is 25.5 Å². The Morgan fingerprint density at radius 1 is 1.15 bits per heavy atom. The maximum atomic E-state index is 12.4. The number of rotatable bonds is 7. The number of hydrogen-bond donors (Lipinski definition) is 3. The number of unbranched alkanes of at least 4 members (excludes halogenated alkanes) is 1. The first-order valence-corrected chi connectivity index (χ1v) is 12.0. The fourth-order valence-corrected chi connectivity index (χ4v) is 3.39. The van der Waals surface area contributed by atoms with Crippen LogP contribution in [0.15, 0.2) is 36.8 Å². The van der Waals surface area contributed by atoms with Gasteiger partial charge < -0.3 is 20.5 Å². The first-order chi connectivity index (χ1) is 16.0. The summed E-state index contributed by atoms with van der Waals surface area (Å²) in [6.45, 7) is 5.02. The van der Waals surface area contributed by atoms with Crippen LogP contribution in [0, 0.1) is 5.82 Å². The van der Waals surface area contributed by atoms with E-state index in [0.717, 1.165) is 38.4 Å². The first-order valence-electron chi connectivity index (χ1n) is 12.0. The van der Waals surface area contributed by atoms with Crippen LogP contribution in [-0.4, -0.2) is 59.9 Å². The van der Waals surface area contributed by atoms with E-state index >= 15 is 0 Å². The molecule has 1 aromatic carbocycles. The summed E-state index contributed by atoms with van der Waals surface area (Å²) in [6.07, 6.45) is 11.3. The molecule has 2 aromatic rings. The van der Waals surface area contributed by atoms with Crippen LogP contribution in [0.4, 0.5) is 4.39 Å². The first kappa shape index (κ1) is 26.5. The van der Waals surface area contributed by atoms with Gasteiger partial charge in [-0.3, -0.25) is 9.59 Å². The molecule has 2 heterocycles. The number of piperidine rings is 1. The van der Waals surface area contributed by atoms with Crippen LogP contribution in [-0.2, 0) is 4.79 Å². The molecule has 33 heavy (non-hydrogen) atoms. The second-order valence-electron chi connectivity index (χ2n) is 8.37. The fourth-order valence-electron chi connectivity index (χ4n) is 3.39. The van der Waals surface area contributed by atoms with Crippen molar-refractivity contribution in [3.05, 3.63) is 53.9 Å². The highest BCUT2D eigenvalue weighted by atomic mass is 19.1. The molecule has 0 bridgehead atoms. The average molecular weight is 460 g/mol. The number of halogens is 1. The van der Waals surface area contributed by atoms with Gasteiger partial charge in [-0.05, 0) is 75.7 Å². The summed E-state index contributed by atoms with van der Waals surface area (Å²) < 4.78 is 12.4. The summed E-state index contributed by atoms with van der Waals surface area (Å²) in [5, 5.41) is 5.65. The lowest BCUT2D eigenvalue weighted by Crippen LogP contribution is -2.42. The normalized spacial score (nSPS) is 14.9. The Bertz CT molecular complexity index is 797. The highest BCUT2D eigenvalue weighted by Gasteiger charge is 2.22. The van der Waals surface area contributed by atoms with Crippen molar-refractivity contribution in [3.63, 3.8) is 0 Å². The van der Waals surface area contributed by atoms with Gasteiger partial charge in [0.15, 0.2) is 0 Å². The van der Waals surface area contributed by atoms with Gasteiger partial charge in [-0.15, -0.1) is 0 Å². The van der Waals surface area contributed by atoms with Crippen LogP contribution in [0.3, 0.4) is 0 Å². The molecule has 1 aromatic heterocycles. The van der Waals surface area contributed by atoms with E-state index in [1.54, 1.807) is 4.90 Å². The van der Waals surface area contributed by atoms with Crippen molar-refractivity contribution in [2.45, 2.75) is 57.8 Å². The predicted octanol–water partition coefficient (Wildman–Crippen LogP) is 3.86. The molecule has 3 N–H and O–H groups in total. The highest BCUT2D eigenvalue weighted by Crippen LogP contribution is 2.39. The van der Waals surface area contributed by atoms with Crippen molar-refractivity contribution < 1.29 is 14.0 Å². The van der Waals surface area contributed by atoms with Crippen molar-refractivity contribution in [3.8, 4) is 0 Å². The summed E-state index contributed by atoms with van der Waals surface area (Å²) in [4.78, 5) is 31.5. The third kappa shape index (κ3) is 10.6. The number of amides is 2.